The third-order valence-electron chi connectivity index (χ3n) is 3.18. The molecule has 2 rings (SSSR count). The van der Waals surface area contributed by atoms with Crippen molar-refractivity contribution >= 4 is 5.97 Å². The minimum atomic E-state index is -0.934. The van der Waals surface area contributed by atoms with Gasteiger partial charge in [0.05, 0.1) is 12.8 Å². The Bertz CT molecular complexity index is 389. The van der Waals surface area contributed by atoms with Crippen LogP contribution in [-0.2, 0) is 6.54 Å². The Morgan fingerprint density at radius 1 is 1.71 bits per heavy atom. The van der Waals surface area contributed by atoms with E-state index in [0.29, 0.717) is 18.2 Å². The third-order valence-corrected chi connectivity index (χ3v) is 3.18. The number of nitrogens with one attached hydrogen (secondary N) is 1. The summed E-state index contributed by atoms with van der Waals surface area (Å²) in [5, 5.41) is 12.2. The number of carboxylic acids is 1. The average Bonchev–Trinajstić information content (AvgIpc) is 2.87. The van der Waals surface area contributed by atoms with Gasteiger partial charge in [0.15, 0.2) is 0 Å². The van der Waals surface area contributed by atoms with Crippen LogP contribution in [0.15, 0.2) is 16.7 Å². The van der Waals surface area contributed by atoms with Crippen LogP contribution in [-0.4, -0.2) is 42.7 Å². The summed E-state index contributed by atoms with van der Waals surface area (Å²) in [6, 6.07) is 1.49. The molecule has 0 radical (unpaired) electrons. The van der Waals surface area contributed by atoms with Crippen LogP contribution in [0.1, 0.15) is 22.5 Å². The molecule has 2 heterocycles. The first kappa shape index (κ1) is 12.1. The summed E-state index contributed by atoms with van der Waals surface area (Å²) < 4.78 is 5.16. The standard InChI is InChI=1S/C12H18N2O3/c1-14-4-2-9(8-14)6-13-7-11-10(12(15)16)3-5-17-11/h3,5,9,13H,2,4,6-8H2,1H3,(H,15,16). The molecule has 0 bridgehead atoms. The van der Waals surface area contributed by atoms with E-state index in [0.717, 1.165) is 19.6 Å². The summed E-state index contributed by atoms with van der Waals surface area (Å²) in [6.07, 6.45) is 2.62. The molecule has 0 aromatic carbocycles. The fourth-order valence-electron chi connectivity index (χ4n) is 2.25. The zero-order valence-corrected chi connectivity index (χ0v) is 9.98. The maximum absolute atomic E-state index is 10.9. The Hall–Kier alpha value is -1.33. The summed E-state index contributed by atoms with van der Waals surface area (Å²) in [7, 11) is 2.12. The van der Waals surface area contributed by atoms with E-state index >= 15 is 0 Å². The average molecular weight is 238 g/mol. The van der Waals surface area contributed by atoms with Gasteiger partial charge in [-0.15, -0.1) is 0 Å². The van der Waals surface area contributed by atoms with Gasteiger partial charge in [-0.2, -0.15) is 0 Å². The topological polar surface area (TPSA) is 65.7 Å². The molecule has 0 spiro atoms. The first-order valence-corrected chi connectivity index (χ1v) is 5.85. The molecule has 5 nitrogen and oxygen atoms in total. The molecule has 1 unspecified atom stereocenters. The predicted octanol–water partition coefficient (Wildman–Crippen LogP) is 1.02. The maximum atomic E-state index is 10.9. The Labute approximate surface area is 100 Å². The predicted molar refractivity (Wildman–Crippen MR) is 63.0 cm³/mol. The van der Waals surface area contributed by atoms with Gasteiger partial charge in [0.2, 0.25) is 0 Å². The molecular formula is C12H18N2O3. The molecule has 1 aliphatic rings. The van der Waals surface area contributed by atoms with Crippen molar-refractivity contribution in [2.75, 3.05) is 26.7 Å². The Balaban J connectivity index is 1.78. The Morgan fingerprint density at radius 2 is 2.53 bits per heavy atom. The molecule has 94 valence electrons. The molecule has 1 aromatic heterocycles. The molecule has 0 saturated carbocycles. The van der Waals surface area contributed by atoms with E-state index in [1.807, 2.05) is 0 Å². The van der Waals surface area contributed by atoms with Crippen LogP contribution in [0.3, 0.4) is 0 Å². The minimum absolute atomic E-state index is 0.251. The van der Waals surface area contributed by atoms with Crippen molar-refractivity contribution in [3.05, 3.63) is 23.7 Å². The lowest BCUT2D eigenvalue weighted by atomic mass is 10.1. The first-order chi connectivity index (χ1) is 8.16. The highest BCUT2D eigenvalue weighted by Gasteiger charge is 2.19. The summed E-state index contributed by atoms with van der Waals surface area (Å²) in [6.45, 7) is 3.64. The number of aromatic carboxylic acids is 1. The zero-order valence-electron chi connectivity index (χ0n) is 9.98. The maximum Gasteiger partial charge on any atom is 0.339 e. The lowest BCUT2D eigenvalue weighted by Gasteiger charge is -2.10. The number of rotatable bonds is 5. The quantitative estimate of drug-likeness (QED) is 0.801. The van der Waals surface area contributed by atoms with E-state index in [4.69, 9.17) is 9.52 Å². The number of carbonyl (C=O) groups is 1. The summed E-state index contributed by atoms with van der Waals surface area (Å²) in [5.41, 5.74) is 0.251. The van der Waals surface area contributed by atoms with Crippen molar-refractivity contribution in [1.29, 1.82) is 0 Å². The SMILES string of the molecule is CN1CCC(CNCc2occc2C(=O)O)C1. The van der Waals surface area contributed by atoms with Crippen LogP contribution in [0.5, 0.6) is 0 Å². The van der Waals surface area contributed by atoms with Gasteiger partial charge in [-0.05, 0) is 38.5 Å². The van der Waals surface area contributed by atoms with Gasteiger partial charge in [0.1, 0.15) is 11.3 Å². The van der Waals surface area contributed by atoms with Crippen LogP contribution >= 0.6 is 0 Å². The molecule has 1 aliphatic heterocycles. The second-order valence-corrected chi connectivity index (χ2v) is 4.61. The van der Waals surface area contributed by atoms with Gasteiger partial charge in [-0.25, -0.2) is 4.79 Å². The fraction of sp³-hybridized carbons (Fsp3) is 0.583. The van der Waals surface area contributed by atoms with Crippen molar-refractivity contribution in [2.45, 2.75) is 13.0 Å². The van der Waals surface area contributed by atoms with Crippen molar-refractivity contribution in [1.82, 2.24) is 10.2 Å². The molecule has 1 saturated heterocycles. The van der Waals surface area contributed by atoms with Gasteiger partial charge in [-0.3, -0.25) is 0 Å². The van der Waals surface area contributed by atoms with Crippen LogP contribution in [0.4, 0.5) is 0 Å². The second kappa shape index (κ2) is 5.33. The van der Waals surface area contributed by atoms with Gasteiger partial charge >= 0.3 is 5.97 Å². The number of carboxylic acid groups (broad SMARTS) is 1. The van der Waals surface area contributed by atoms with Crippen molar-refractivity contribution < 1.29 is 14.3 Å². The van der Waals surface area contributed by atoms with Crippen molar-refractivity contribution in [3.8, 4) is 0 Å². The molecule has 1 aromatic rings. The Kier molecular flexibility index (Phi) is 3.81. The molecule has 2 N–H and O–H groups in total. The zero-order chi connectivity index (χ0) is 12.3. The molecule has 1 fully saturated rings. The normalized spacial score (nSPS) is 20.9. The monoisotopic (exact) mass is 238 g/mol. The number of furan rings is 1. The summed E-state index contributed by atoms with van der Waals surface area (Å²) in [4.78, 5) is 13.2. The molecule has 0 aliphatic carbocycles. The van der Waals surface area contributed by atoms with Crippen LogP contribution in [0.25, 0.3) is 0 Å². The van der Waals surface area contributed by atoms with E-state index in [-0.39, 0.29) is 5.56 Å². The van der Waals surface area contributed by atoms with Crippen molar-refractivity contribution in [2.24, 2.45) is 5.92 Å². The van der Waals surface area contributed by atoms with Gasteiger partial charge in [0.25, 0.3) is 0 Å². The van der Waals surface area contributed by atoms with E-state index in [1.54, 1.807) is 0 Å². The van der Waals surface area contributed by atoms with Gasteiger partial charge in [0, 0.05) is 6.54 Å². The van der Waals surface area contributed by atoms with Crippen LogP contribution in [0.2, 0.25) is 0 Å². The lowest BCUT2D eigenvalue weighted by Crippen LogP contribution is -2.25. The fourth-order valence-corrected chi connectivity index (χ4v) is 2.25. The van der Waals surface area contributed by atoms with Crippen LogP contribution in [0, 0.1) is 5.92 Å². The first-order valence-electron chi connectivity index (χ1n) is 5.85. The van der Waals surface area contributed by atoms with E-state index in [2.05, 4.69) is 17.3 Å². The van der Waals surface area contributed by atoms with E-state index in [9.17, 15) is 4.79 Å². The van der Waals surface area contributed by atoms with E-state index in [1.165, 1.54) is 18.8 Å². The molecular weight excluding hydrogens is 220 g/mol. The highest BCUT2D eigenvalue weighted by atomic mass is 16.4. The highest BCUT2D eigenvalue weighted by molar-refractivity contribution is 5.88. The summed E-state index contributed by atoms with van der Waals surface area (Å²) in [5.74, 6) is 0.225. The summed E-state index contributed by atoms with van der Waals surface area (Å²) >= 11 is 0. The largest absolute Gasteiger partial charge is 0.478 e. The van der Waals surface area contributed by atoms with Crippen LogP contribution < -0.4 is 5.32 Å². The van der Waals surface area contributed by atoms with E-state index < -0.39 is 5.97 Å². The van der Waals surface area contributed by atoms with Crippen molar-refractivity contribution in [3.63, 3.8) is 0 Å². The lowest BCUT2D eigenvalue weighted by molar-refractivity contribution is 0.0694. The highest BCUT2D eigenvalue weighted by Crippen LogP contribution is 2.14. The Morgan fingerprint density at radius 3 is 3.18 bits per heavy atom. The number of likely N-dealkylation sites (tertiary alicyclic amines) is 1. The third kappa shape index (κ3) is 3.08. The number of hydrogen-bond donors (Lipinski definition) is 2. The van der Waals surface area contributed by atoms with Gasteiger partial charge in [-0.1, -0.05) is 0 Å². The minimum Gasteiger partial charge on any atom is -0.478 e. The number of nitrogens with zero attached hydrogens (tertiary/aromatic N) is 1. The molecule has 5 heteroatoms. The number of hydrogen-bond acceptors (Lipinski definition) is 4. The molecule has 1 atom stereocenters. The molecule has 0 amide bonds. The smallest absolute Gasteiger partial charge is 0.339 e. The molecule has 17 heavy (non-hydrogen) atoms. The second-order valence-electron chi connectivity index (χ2n) is 4.61. The van der Waals surface area contributed by atoms with Gasteiger partial charge < -0.3 is 19.7 Å².